The lowest BCUT2D eigenvalue weighted by Gasteiger charge is -2.10. The molecule has 0 bridgehead atoms. The van der Waals surface area contributed by atoms with E-state index in [0.717, 1.165) is 24.2 Å². The Balaban J connectivity index is 1.96. The summed E-state index contributed by atoms with van der Waals surface area (Å²) in [4.78, 5) is 26.4. The number of thiazole rings is 1. The van der Waals surface area contributed by atoms with Crippen LogP contribution in [0.4, 0.5) is 5.13 Å². The molecule has 1 saturated carbocycles. The lowest BCUT2D eigenvalue weighted by Crippen LogP contribution is -2.29. The Morgan fingerprint density at radius 3 is 2.60 bits per heavy atom. The second-order valence-electron chi connectivity index (χ2n) is 4.66. The largest absolute Gasteiger partial charge is 0.364 e. The van der Waals surface area contributed by atoms with Crippen molar-refractivity contribution in [2.75, 3.05) is 11.1 Å². The average molecular weight is 317 g/mol. The lowest BCUT2D eigenvalue weighted by molar-refractivity contribution is -0.113. The molecule has 1 aromatic rings. The number of aromatic nitrogens is 1. The number of carbonyl (C=O) groups excluding carboxylic acids is 2. The minimum atomic E-state index is -3.42. The second kappa shape index (κ2) is 5.88. The highest BCUT2D eigenvalue weighted by Gasteiger charge is 2.30. The summed E-state index contributed by atoms with van der Waals surface area (Å²) in [6.07, 6.45) is 3.03. The van der Waals surface area contributed by atoms with Crippen molar-refractivity contribution in [3.63, 3.8) is 0 Å². The third-order valence-corrected chi connectivity index (χ3v) is 6.05. The zero-order valence-corrected chi connectivity index (χ0v) is 12.3. The van der Waals surface area contributed by atoms with Gasteiger partial charge in [0.15, 0.2) is 15.0 Å². The number of nitrogens with two attached hydrogens (primary N) is 1. The van der Waals surface area contributed by atoms with Gasteiger partial charge in [0, 0.05) is 5.38 Å². The molecule has 1 aliphatic carbocycles. The molecule has 0 aliphatic heterocycles. The molecule has 0 saturated heterocycles. The summed E-state index contributed by atoms with van der Waals surface area (Å²) in [5, 5.41) is 3.54. The summed E-state index contributed by atoms with van der Waals surface area (Å²) in [7, 11) is -3.42. The molecule has 1 aliphatic rings. The number of primary amides is 1. The Kier molecular flexibility index (Phi) is 4.39. The van der Waals surface area contributed by atoms with Gasteiger partial charge in [-0.2, -0.15) is 0 Å². The standard InChI is InChI=1S/C11H15N3O4S2/c12-10(16)8-5-19-11(13-8)14-9(15)6-20(17,18)7-3-1-2-4-7/h5,7H,1-4,6H2,(H2,12,16)(H,13,14,15). The van der Waals surface area contributed by atoms with E-state index in [9.17, 15) is 18.0 Å². The van der Waals surface area contributed by atoms with Crippen LogP contribution in [0.15, 0.2) is 5.38 Å². The molecule has 0 aromatic carbocycles. The number of hydrogen-bond donors (Lipinski definition) is 2. The first-order chi connectivity index (χ1) is 9.38. The molecule has 0 spiro atoms. The predicted octanol–water partition coefficient (Wildman–Crippen LogP) is 0.538. The molecule has 20 heavy (non-hydrogen) atoms. The van der Waals surface area contributed by atoms with Crippen LogP contribution in [-0.4, -0.2) is 36.2 Å². The fourth-order valence-corrected chi connectivity index (χ4v) is 4.59. The van der Waals surface area contributed by atoms with E-state index in [1.165, 1.54) is 5.38 Å². The van der Waals surface area contributed by atoms with Crippen LogP contribution in [0.1, 0.15) is 36.2 Å². The van der Waals surface area contributed by atoms with Gasteiger partial charge in [-0.25, -0.2) is 13.4 Å². The van der Waals surface area contributed by atoms with Crippen molar-refractivity contribution in [1.82, 2.24) is 4.98 Å². The highest BCUT2D eigenvalue weighted by atomic mass is 32.2. The van der Waals surface area contributed by atoms with E-state index in [1.54, 1.807) is 0 Å². The van der Waals surface area contributed by atoms with Crippen LogP contribution in [-0.2, 0) is 14.6 Å². The molecule has 3 N–H and O–H groups in total. The third-order valence-electron chi connectivity index (χ3n) is 3.15. The van der Waals surface area contributed by atoms with Crippen molar-refractivity contribution < 1.29 is 18.0 Å². The van der Waals surface area contributed by atoms with Gasteiger partial charge < -0.3 is 11.1 Å². The maximum atomic E-state index is 12.0. The molecular formula is C11H15N3O4S2. The minimum Gasteiger partial charge on any atom is -0.364 e. The van der Waals surface area contributed by atoms with Crippen LogP contribution in [0.2, 0.25) is 0 Å². The van der Waals surface area contributed by atoms with Gasteiger partial charge in [-0.3, -0.25) is 9.59 Å². The lowest BCUT2D eigenvalue weighted by atomic mass is 10.4. The van der Waals surface area contributed by atoms with Crippen molar-refractivity contribution >= 4 is 38.1 Å². The van der Waals surface area contributed by atoms with E-state index in [2.05, 4.69) is 10.3 Å². The molecule has 2 amide bonds. The summed E-state index contributed by atoms with van der Waals surface area (Å²) in [6.45, 7) is 0. The smallest absolute Gasteiger partial charge is 0.268 e. The van der Waals surface area contributed by atoms with Crippen molar-refractivity contribution in [1.29, 1.82) is 0 Å². The average Bonchev–Trinajstić information content (AvgIpc) is 2.97. The number of rotatable bonds is 5. The van der Waals surface area contributed by atoms with Gasteiger partial charge in [0.25, 0.3) is 5.91 Å². The quantitative estimate of drug-likeness (QED) is 0.821. The number of hydrogen-bond acceptors (Lipinski definition) is 6. The topological polar surface area (TPSA) is 119 Å². The van der Waals surface area contributed by atoms with Gasteiger partial charge in [0.05, 0.1) is 5.25 Å². The number of anilines is 1. The summed E-state index contributed by atoms with van der Waals surface area (Å²) in [5.74, 6) is -1.88. The maximum absolute atomic E-state index is 12.0. The fourth-order valence-electron chi connectivity index (χ4n) is 2.15. The molecule has 0 radical (unpaired) electrons. The van der Waals surface area contributed by atoms with E-state index in [0.29, 0.717) is 12.8 Å². The fraction of sp³-hybridized carbons (Fsp3) is 0.545. The first-order valence-electron chi connectivity index (χ1n) is 6.15. The first-order valence-corrected chi connectivity index (χ1v) is 8.75. The molecule has 1 fully saturated rings. The van der Waals surface area contributed by atoms with Crippen molar-refractivity contribution in [2.24, 2.45) is 5.73 Å². The number of nitrogens with one attached hydrogen (secondary N) is 1. The van der Waals surface area contributed by atoms with Gasteiger partial charge in [0.2, 0.25) is 5.91 Å². The van der Waals surface area contributed by atoms with Crippen LogP contribution in [0.3, 0.4) is 0 Å². The van der Waals surface area contributed by atoms with Crippen LogP contribution in [0.5, 0.6) is 0 Å². The molecular weight excluding hydrogens is 302 g/mol. The molecule has 2 rings (SSSR count). The Hall–Kier alpha value is -1.48. The van der Waals surface area contributed by atoms with Gasteiger partial charge in [0.1, 0.15) is 11.4 Å². The zero-order chi connectivity index (χ0) is 14.8. The summed E-state index contributed by atoms with van der Waals surface area (Å²) < 4.78 is 24.0. The molecule has 0 atom stereocenters. The van der Waals surface area contributed by atoms with Gasteiger partial charge >= 0.3 is 0 Å². The third kappa shape index (κ3) is 3.54. The predicted molar refractivity (Wildman–Crippen MR) is 75.3 cm³/mol. The summed E-state index contributed by atoms with van der Waals surface area (Å²) in [5.41, 5.74) is 5.08. The molecule has 110 valence electrons. The minimum absolute atomic E-state index is 0.0453. The van der Waals surface area contributed by atoms with E-state index in [1.807, 2.05) is 0 Å². The second-order valence-corrected chi connectivity index (χ2v) is 7.80. The number of sulfone groups is 1. The Morgan fingerprint density at radius 1 is 1.40 bits per heavy atom. The monoisotopic (exact) mass is 317 g/mol. The summed E-state index contributed by atoms with van der Waals surface area (Å²) >= 11 is 1.03. The number of amides is 2. The van der Waals surface area contributed by atoms with Crippen LogP contribution >= 0.6 is 11.3 Å². The number of carbonyl (C=O) groups is 2. The normalized spacial score (nSPS) is 16.2. The molecule has 7 nitrogen and oxygen atoms in total. The Labute approximate surface area is 120 Å². The first kappa shape index (κ1) is 14.9. The van der Waals surface area contributed by atoms with Crippen LogP contribution < -0.4 is 11.1 Å². The van der Waals surface area contributed by atoms with Crippen molar-refractivity contribution in [3.05, 3.63) is 11.1 Å². The van der Waals surface area contributed by atoms with Gasteiger partial charge in [-0.15, -0.1) is 11.3 Å². The molecule has 0 unspecified atom stereocenters. The van der Waals surface area contributed by atoms with Crippen LogP contribution in [0.25, 0.3) is 0 Å². The van der Waals surface area contributed by atoms with Crippen LogP contribution in [0, 0.1) is 0 Å². The zero-order valence-electron chi connectivity index (χ0n) is 10.7. The van der Waals surface area contributed by atoms with E-state index in [-0.39, 0.29) is 10.8 Å². The number of nitrogens with zero attached hydrogens (tertiary/aromatic N) is 1. The van der Waals surface area contributed by atoms with Gasteiger partial charge in [-0.1, -0.05) is 12.8 Å². The Bertz CT molecular complexity index is 617. The molecule has 1 aromatic heterocycles. The SMILES string of the molecule is NC(=O)c1csc(NC(=O)CS(=O)(=O)C2CCCC2)n1. The van der Waals surface area contributed by atoms with Crippen molar-refractivity contribution in [3.8, 4) is 0 Å². The highest BCUT2D eigenvalue weighted by Crippen LogP contribution is 2.25. The highest BCUT2D eigenvalue weighted by molar-refractivity contribution is 7.92. The van der Waals surface area contributed by atoms with Gasteiger partial charge in [-0.05, 0) is 12.8 Å². The molecule has 9 heteroatoms. The van der Waals surface area contributed by atoms with E-state index in [4.69, 9.17) is 5.73 Å². The molecule has 1 heterocycles. The summed E-state index contributed by atoms with van der Waals surface area (Å²) in [6, 6.07) is 0. The Morgan fingerprint density at radius 2 is 2.05 bits per heavy atom. The van der Waals surface area contributed by atoms with Crippen molar-refractivity contribution in [2.45, 2.75) is 30.9 Å². The van der Waals surface area contributed by atoms with E-state index >= 15 is 0 Å². The van der Waals surface area contributed by atoms with E-state index < -0.39 is 32.7 Å². The maximum Gasteiger partial charge on any atom is 0.268 e.